The molecular formula is C15H19N5OS2. The minimum Gasteiger partial charge on any atom is -0.372 e. The van der Waals surface area contributed by atoms with E-state index >= 15 is 0 Å². The van der Waals surface area contributed by atoms with E-state index in [-0.39, 0.29) is 6.10 Å². The van der Waals surface area contributed by atoms with Crippen molar-refractivity contribution >= 4 is 28.7 Å². The first-order valence-electron chi connectivity index (χ1n) is 7.46. The van der Waals surface area contributed by atoms with Crippen LogP contribution in [-0.2, 0) is 10.5 Å². The van der Waals surface area contributed by atoms with E-state index in [0.717, 1.165) is 38.8 Å². The average molecular weight is 349 g/mol. The summed E-state index contributed by atoms with van der Waals surface area (Å²) in [5.74, 6) is 1.65. The summed E-state index contributed by atoms with van der Waals surface area (Å²) in [6.45, 7) is 8.66. The van der Waals surface area contributed by atoms with E-state index in [1.165, 1.54) is 0 Å². The SMILES string of the molecule is CCO[C@@H](C)c1nc(CSc2nnc3cc(C)nc(C)n23)cs1. The standard InChI is InChI=1S/C15H19N5OS2/c1-5-21-10(3)14-17-12(7-22-14)8-23-15-19-18-13-6-9(2)16-11(4)20(13)15/h6-7,10H,5,8H2,1-4H3/t10-/m0/s1. The number of aryl methyl sites for hydroxylation is 2. The molecule has 0 aliphatic carbocycles. The fourth-order valence-electron chi connectivity index (χ4n) is 2.33. The van der Waals surface area contributed by atoms with E-state index in [0.29, 0.717) is 6.61 Å². The third-order valence-electron chi connectivity index (χ3n) is 3.34. The van der Waals surface area contributed by atoms with Gasteiger partial charge in [-0.3, -0.25) is 4.40 Å². The van der Waals surface area contributed by atoms with Crippen LogP contribution in [-0.4, -0.2) is 31.2 Å². The second-order valence-corrected chi connectivity index (χ2v) is 7.02. The van der Waals surface area contributed by atoms with Crippen LogP contribution >= 0.6 is 23.1 Å². The van der Waals surface area contributed by atoms with Gasteiger partial charge in [-0.05, 0) is 27.7 Å². The number of hydrogen-bond acceptors (Lipinski definition) is 7. The lowest BCUT2D eigenvalue weighted by molar-refractivity contribution is 0.0761. The molecule has 3 aromatic rings. The molecule has 3 aromatic heterocycles. The first-order valence-corrected chi connectivity index (χ1v) is 9.33. The van der Waals surface area contributed by atoms with Gasteiger partial charge in [0.1, 0.15) is 16.9 Å². The molecule has 1 atom stereocenters. The molecule has 0 unspecified atom stereocenters. The molecule has 8 heteroatoms. The van der Waals surface area contributed by atoms with E-state index < -0.39 is 0 Å². The van der Waals surface area contributed by atoms with Crippen molar-refractivity contribution in [1.29, 1.82) is 0 Å². The van der Waals surface area contributed by atoms with Crippen molar-refractivity contribution < 1.29 is 4.74 Å². The smallest absolute Gasteiger partial charge is 0.197 e. The van der Waals surface area contributed by atoms with Crippen LogP contribution in [0, 0.1) is 13.8 Å². The van der Waals surface area contributed by atoms with Crippen LogP contribution in [0.1, 0.15) is 42.2 Å². The monoisotopic (exact) mass is 349 g/mol. The van der Waals surface area contributed by atoms with E-state index in [9.17, 15) is 0 Å². The molecule has 0 fully saturated rings. The molecule has 0 aliphatic heterocycles. The lowest BCUT2D eigenvalue weighted by Gasteiger charge is -2.07. The Hall–Kier alpha value is -1.51. The summed E-state index contributed by atoms with van der Waals surface area (Å²) in [5.41, 5.74) is 2.82. The summed E-state index contributed by atoms with van der Waals surface area (Å²) in [7, 11) is 0. The highest BCUT2D eigenvalue weighted by Crippen LogP contribution is 2.26. The van der Waals surface area contributed by atoms with Crippen LogP contribution in [0.25, 0.3) is 5.65 Å². The third-order valence-corrected chi connectivity index (χ3v) is 5.36. The highest BCUT2D eigenvalue weighted by Gasteiger charge is 2.13. The molecule has 0 N–H and O–H groups in total. The van der Waals surface area contributed by atoms with Crippen molar-refractivity contribution in [2.24, 2.45) is 0 Å². The predicted molar refractivity (Wildman–Crippen MR) is 92.0 cm³/mol. The molecule has 3 rings (SSSR count). The highest BCUT2D eigenvalue weighted by atomic mass is 32.2. The summed E-state index contributed by atoms with van der Waals surface area (Å²) < 4.78 is 7.56. The van der Waals surface area contributed by atoms with Crippen LogP contribution in [0.2, 0.25) is 0 Å². The quantitative estimate of drug-likeness (QED) is 0.634. The van der Waals surface area contributed by atoms with Gasteiger partial charge in [0, 0.05) is 29.5 Å². The summed E-state index contributed by atoms with van der Waals surface area (Å²) in [6, 6.07) is 1.94. The Balaban J connectivity index is 1.74. The van der Waals surface area contributed by atoms with Crippen molar-refractivity contribution in [3.63, 3.8) is 0 Å². The van der Waals surface area contributed by atoms with E-state index in [1.54, 1.807) is 23.1 Å². The Kier molecular flexibility index (Phi) is 4.93. The Bertz CT molecular complexity index is 813. The Morgan fingerprint density at radius 3 is 2.91 bits per heavy atom. The summed E-state index contributed by atoms with van der Waals surface area (Å²) in [4.78, 5) is 9.12. The molecule has 0 spiro atoms. The second kappa shape index (κ2) is 6.94. The number of thiazole rings is 1. The molecule has 0 saturated heterocycles. The highest BCUT2D eigenvalue weighted by molar-refractivity contribution is 7.98. The van der Waals surface area contributed by atoms with Gasteiger partial charge >= 0.3 is 0 Å². The number of rotatable bonds is 6. The number of aromatic nitrogens is 5. The van der Waals surface area contributed by atoms with E-state index in [1.807, 2.05) is 38.2 Å². The van der Waals surface area contributed by atoms with E-state index in [4.69, 9.17) is 4.74 Å². The maximum atomic E-state index is 5.58. The number of ether oxygens (including phenoxy) is 1. The number of nitrogens with zero attached hydrogens (tertiary/aromatic N) is 5. The van der Waals surface area contributed by atoms with Gasteiger partial charge in [-0.2, -0.15) is 0 Å². The Morgan fingerprint density at radius 1 is 1.30 bits per heavy atom. The molecule has 0 amide bonds. The van der Waals surface area contributed by atoms with Gasteiger partial charge in [0.05, 0.1) is 5.69 Å². The molecule has 23 heavy (non-hydrogen) atoms. The lowest BCUT2D eigenvalue weighted by Crippen LogP contribution is -1.99. The van der Waals surface area contributed by atoms with Gasteiger partial charge in [0.15, 0.2) is 10.8 Å². The molecule has 0 aromatic carbocycles. The fraction of sp³-hybridized carbons (Fsp3) is 0.467. The van der Waals surface area contributed by atoms with Gasteiger partial charge in [-0.1, -0.05) is 11.8 Å². The average Bonchev–Trinajstić information content (AvgIpc) is 3.12. The Morgan fingerprint density at radius 2 is 2.13 bits per heavy atom. The zero-order valence-electron chi connectivity index (χ0n) is 13.6. The van der Waals surface area contributed by atoms with Crippen molar-refractivity contribution in [3.8, 4) is 0 Å². The molecule has 0 radical (unpaired) electrons. The molecular weight excluding hydrogens is 330 g/mol. The van der Waals surface area contributed by atoms with E-state index in [2.05, 4.69) is 25.5 Å². The van der Waals surface area contributed by atoms with Gasteiger partial charge in [0.2, 0.25) is 0 Å². The van der Waals surface area contributed by atoms with Crippen LogP contribution in [0.15, 0.2) is 16.6 Å². The molecule has 0 saturated carbocycles. The fourth-order valence-corrected chi connectivity index (χ4v) is 4.14. The molecule has 122 valence electrons. The number of hydrogen-bond donors (Lipinski definition) is 0. The van der Waals surface area contributed by atoms with Crippen molar-refractivity contribution in [3.05, 3.63) is 33.7 Å². The van der Waals surface area contributed by atoms with Crippen LogP contribution in [0.4, 0.5) is 0 Å². The van der Waals surface area contributed by atoms with Gasteiger partial charge < -0.3 is 4.74 Å². The summed E-state index contributed by atoms with van der Waals surface area (Å²) in [6.07, 6.45) is 0.0482. The van der Waals surface area contributed by atoms with Crippen LogP contribution in [0.3, 0.4) is 0 Å². The zero-order valence-corrected chi connectivity index (χ0v) is 15.2. The number of fused-ring (bicyclic) bond motifs is 1. The maximum Gasteiger partial charge on any atom is 0.197 e. The molecule has 0 aliphatic rings. The number of thioether (sulfide) groups is 1. The lowest BCUT2D eigenvalue weighted by atomic mass is 10.4. The van der Waals surface area contributed by atoms with Crippen LogP contribution in [0.5, 0.6) is 0 Å². The van der Waals surface area contributed by atoms with Crippen LogP contribution < -0.4 is 0 Å². The normalized spacial score (nSPS) is 12.9. The minimum atomic E-state index is 0.0482. The predicted octanol–water partition coefficient (Wildman–Crippen LogP) is 3.59. The summed E-state index contributed by atoms with van der Waals surface area (Å²) in [5, 5.41) is 12.4. The minimum absolute atomic E-state index is 0.0482. The zero-order chi connectivity index (χ0) is 16.4. The van der Waals surface area contributed by atoms with Crippen molar-refractivity contribution in [2.45, 2.75) is 44.7 Å². The van der Waals surface area contributed by atoms with Gasteiger partial charge in [0.25, 0.3) is 0 Å². The largest absolute Gasteiger partial charge is 0.372 e. The van der Waals surface area contributed by atoms with Crippen molar-refractivity contribution in [1.82, 2.24) is 24.6 Å². The van der Waals surface area contributed by atoms with Gasteiger partial charge in [-0.25, -0.2) is 9.97 Å². The first-order chi connectivity index (χ1) is 11.1. The Labute approximate surface area is 143 Å². The first kappa shape index (κ1) is 16.4. The molecule has 3 heterocycles. The maximum absolute atomic E-state index is 5.58. The van der Waals surface area contributed by atoms with Crippen molar-refractivity contribution in [2.75, 3.05) is 6.61 Å². The summed E-state index contributed by atoms with van der Waals surface area (Å²) >= 11 is 3.26. The molecule has 0 bridgehead atoms. The third kappa shape index (κ3) is 3.54. The van der Waals surface area contributed by atoms with Gasteiger partial charge in [-0.15, -0.1) is 21.5 Å². The second-order valence-electron chi connectivity index (χ2n) is 5.18. The molecule has 6 nitrogen and oxygen atoms in total. The topological polar surface area (TPSA) is 65.2 Å².